The largest absolute Gasteiger partial charge is 0.368 e. The molecule has 2 aromatic rings. The first kappa shape index (κ1) is 18.9. The van der Waals surface area contributed by atoms with E-state index in [0.717, 1.165) is 29.1 Å². The number of carbonyl (C=O) groups is 2. The molecule has 2 fully saturated rings. The van der Waals surface area contributed by atoms with Gasteiger partial charge in [0.15, 0.2) is 0 Å². The molecule has 1 unspecified atom stereocenters. The second-order valence-electron chi connectivity index (χ2n) is 6.97. The lowest BCUT2D eigenvalue weighted by molar-refractivity contribution is -0.142. The molecule has 2 aliphatic rings. The lowest BCUT2D eigenvalue weighted by Gasteiger charge is -2.35. The van der Waals surface area contributed by atoms with Crippen molar-refractivity contribution in [3.05, 3.63) is 40.7 Å². The van der Waals surface area contributed by atoms with E-state index < -0.39 is 0 Å². The van der Waals surface area contributed by atoms with Gasteiger partial charge in [0.25, 0.3) is 5.91 Å². The number of benzene rings is 1. The Morgan fingerprint density at radius 3 is 2.61 bits per heavy atom. The number of nitrogens with zero attached hydrogens (tertiary/aromatic N) is 3. The molecular formula is C20H24N4O3S. The minimum Gasteiger partial charge on any atom is -0.368 e. The number of rotatable bonds is 4. The highest BCUT2D eigenvalue weighted by atomic mass is 32.1. The third kappa shape index (κ3) is 4.34. The highest BCUT2D eigenvalue weighted by Gasteiger charge is 2.31. The molecule has 1 aromatic heterocycles. The zero-order chi connectivity index (χ0) is 19.3. The lowest BCUT2D eigenvalue weighted by Crippen LogP contribution is -2.54. The van der Waals surface area contributed by atoms with Crippen LogP contribution < -0.4 is 5.32 Å². The fraction of sp³-hybridized carbons (Fsp3) is 0.450. The fourth-order valence-corrected chi connectivity index (χ4v) is 4.25. The Morgan fingerprint density at radius 2 is 1.89 bits per heavy atom. The molecule has 0 radical (unpaired) electrons. The van der Waals surface area contributed by atoms with Gasteiger partial charge in [-0.05, 0) is 12.8 Å². The Hall–Kier alpha value is -2.45. The number of urea groups is 1. The van der Waals surface area contributed by atoms with Crippen LogP contribution in [0.1, 0.15) is 17.8 Å². The van der Waals surface area contributed by atoms with E-state index in [2.05, 4.69) is 10.3 Å². The first-order valence-corrected chi connectivity index (χ1v) is 10.5. The monoisotopic (exact) mass is 400 g/mol. The average Bonchev–Trinajstić information content (AvgIpc) is 3.44. The second kappa shape index (κ2) is 8.70. The van der Waals surface area contributed by atoms with Crippen molar-refractivity contribution in [3.63, 3.8) is 0 Å². The van der Waals surface area contributed by atoms with Crippen molar-refractivity contribution in [2.45, 2.75) is 25.5 Å². The van der Waals surface area contributed by atoms with E-state index in [1.807, 2.05) is 40.6 Å². The minimum absolute atomic E-state index is 0.0637. The third-order valence-electron chi connectivity index (χ3n) is 5.10. The van der Waals surface area contributed by atoms with Crippen LogP contribution in [0.2, 0.25) is 0 Å². The van der Waals surface area contributed by atoms with E-state index in [4.69, 9.17) is 4.74 Å². The van der Waals surface area contributed by atoms with Gasteiger partial charge in [-0.3, -0.25) is 4.79 Å². The van der Waals surface area contributed by atoms with Crippen molar-refractivity contribution >= 4 is 23.3 Å². The summed E-state index contributed by atoms with van der Waals surface area (Å²) in [5, 5.41) is 5.82. The number of aromatic nitrogens is 1. The smallest absolute Gasteiger partial charge is 0.317 e. The first-order chi connectivity index (χ1) is 13.7. The number of nitrogens with one attached hydrogen (secondary N) is 1. The fourth-order valence-electron chi connectivity index (χ4n) is 3.50. The summed E-state index contributed by atoms with van der Waals surface area (Å²) in [6.45, 7) is 3.27. The van der Waals surface area contributed by atoms with E-state index in [1.165, 1.54) is 0 Å². The summed E-state index contributed by atoms with van der Waals surface area (Å²) in [5.74, 6) is 0.0637. The Kier molecular flexibility index (Phi) is 5.87. The van der Waals surface area contributed by atoms with Crippen LogP contribution >= 0.6 is 11.3 Å². The maximum atomic E-state index is 12.4. The Balaban J connectivity index is 1.24. The maximum Gasteiger partial charge on any atom is 0.317 e. The number of amides is 3. The normalized spacial score (nSPS) is 19.6. The van der Waals surface area contributed by atoms with Crippen LogP contribution in [-0.2, 0) is 16.1 Å². The summed E-state index contributed by atoms with van der Waals surface area (Å²) in [5.41, 5.74) is 2.00. The van der Waals surface area contributed by atoms with Crippen LogP contribution in [0.15, 0.2) is 35.7 Å². The van der Waals surface area contributed by atoms with Crippen molar-refractivity contribution in [2.24, 2.45) is 0 Å². The van der Waals surface area contributed by atoms with Gasteiger partial charge in [-0.1, -0.05) is 30.3 Å². The summed E-state index contributed by atoms with van der Waals surface area (Å²) < 4.78 is 5.47. The number of ether oxygens (including phenoxy) is 1. The number of hydrogen-bond acceptors (Lipinski definition) is 5. The van der Waals surface area contributed by atoms with Gasteiger partial charge in [0.1, 0.15) is 11.1 Å². The zero-order valence-corrected chi connectivity index (χ0v) is 16.5. The summed E-state index contributed by atoms with van der Waals surface area (Å²) in [4.78, 5) is 33.0. The first-order valence-electron chi connectivity index (χ1n) is 9.64. The summed E-state index contributed by atoms with van der Waals surface area (Å²) in [6.07, 6.45) is 1.46. The number of hydrogen-bond donors (Lipinski definition) is 1. The molecule has 2 aliphatic heterocycles. The molecule has 148 valence electrons. The molecule has 8 heteroatoms. The van der Waals surface area contributed by atoms with E-state index in [9.17, 15) is 9.59 Å². The molecule has 2 saturated heterocycles. The summed E-state index contributed by atoms with van der Waals surface area (Å²) >= 11 is 1.54. The molecule has 3 amide bonds. The number of piperazine rings is 1. The Morgan fingerprint density at radius 1 is 1.14 bits per heavy atom. The van der Waals surface area contributed by atoms with E-state index in [1.54, 1.807) is 16.2 Å². The molecule has 3 heterocycles. The lowest BCUT2D eigenvalue weighted by atomic mass is 10.2. The molecule has 28 heavy (non-hydrogen) atoms. The highest BCUT2D eigenvalue weighted by Crippen LogP contribution is 2.21. The van der Waals surface area contributed by atoms with Crippen LogP contribution in [0.25, 0.3) is 11.3 Å². The second-order valence-corrected chi connectivity index (χ2v) is 7.91. The van der Waals surface area contributed by atoms with Gasteiger partial charge in [-0.15, -0.1) is 11.3 Å². The molecule has 7 nitrogen and oxygen atoms in total. The molecule has 1 aromatic carbocycles. The van der Waals surface area contributed by atoms with Gasteiger partial charge in [-0.25, -0.2) is 9.78 Å². The quantitative estimate of drug-likeness (QED) is 0.855. The zero-order valence-electron chi connectivity index (χ0n) is 15.7. The van der Waals surface area contributed by atoms with Gasteiger partial charge >= 0.3 is 6.03 Å². The minimum atomic E-state index is -0.288. The van der Waals surface area contributed by atoms with Crippen LogP contribution in [0.5, 0.6) is 0 Å². The number of carbonyl (C=O) groups excluding carboxylic acids is 2. The van der Waals surface area contributed by atoms with Crippen LogP contribution in [0.4, 0.5) is 4.79 Å². The third-order valence-corrected chi connectivity index (χ3v) is 5.94. The molecule has 0 spiro atoms. The molecule has 0 aliphatic carbocycles. The maximum absolute atomic E-state index is 12.4. The molecule has 1 atom stereocenters. The number of thiazole rings is 1. The Bertz CT molecular complexity index is 812. The van der Waals surface area contributed by atoms with E-state index in [0.29, 0.717) is 39.3 Å². The predicted octanol–water partition coefficient (Wildman–Crippen LogP) is 2.34. The van der Waals surface area contributed by atoms with Gasteiger partial charge < -0.3 is 19.9 Å². The van der Waals surface area contributed by atoms with Crippen molar-refractivity contribution in [1.29, 1.82) is 0 Å². The van der Waals surface area contributed by atoms with Gasteiger partial charge in [0, 0.05) is 43.7 Å². The topological polar surface area (TPSA) is 74.8 Å². The van der Waals surface area contributed by atoms with Crippen molar-refractivity contribution < 1.29 is 14.3 Å². The van der Waals surface area contributed by atoms with E-state index in [-0.39, 0.29) is 18.0 Å². The van der Waals surface area contributed by atoms with Crippen molar-refractivity contribution in [1.82, 2.24) is 20.1 Å². The van der Waals surface area contributed by atoms with Gasteiger partial charge in [-0.2, -0.15) is 0 Å². The molecule has 0 saturated carbocycles. The molecule has 0 bridgehead atoms. The van der Waals surface area contributed by atoms with Crippen LogP contribution in [0.3, 0.4) is 0 Å². The van der Waals surface area contributed by atoms with Crippen molar-refractivity contribution in [3.8, 4) is 11.3 Å². The van der Waals surface area contributed by atoms with Crippen molar-refractivity contribution in [2.75, 3.05) is 32.8 Å². The molecular weight excluding hydrogens is 376 g/mol. The van der Waals surface area contributed by atoms with Gasteiger partial charge in [0.05, 0.1) is 12.2 Å². The molecule has 4 rings (SSSR count). The highest BCUT2D eigenvalue weighted by molar-refractivity contribution is 7.09. The van der Waals surface area contributed by atoms with Crippen LogP contribution in [0, 0.1) is 0 Å². The standard InChI is InChI=1S/C20H24N4O3S/c25-19(17-7-4-12-27-17)23-8-10-24(11-9-23)20(26)21-13-18-22-16(14-28-18)15-5-2-1-3-6-15/h1-3,5-6,14,17H,4,7-13H2,(H,21,26). The SMILES string of the molecule is O=C(NCc1nc(-c2ccccc2)cs1)N1CCN(C(=O)C2CCCO2)CC1. The average molecular weight is 401 g/mol. The van der Waals surface area contributed by atoms with E-state index >= 15 is 0 Å². The van der Waals surface area contributed by atoms with Crippen LogP contribution in [-0.4, -0.2) is 65.6 Å². The van der Waals surface area contributed by atoms with Gasteiger partial charge in [0.2, 0.25) is 0 Å². The molecule has 1 N–H and O–H groups in total. The Labute approximate surface area is 168 Å². The summed E-state index contributed by atoms with van der Waals surface area (Å²) in [7, 11) is 0. The summed E-state index contributed by atoms with van der Waals surface area (Å²) in [6, 6.07) is 9.88. The predicted molar refractivity (Wildman–Crippen MR) is 107 cm³/mol.